The molecule has 0 aliphatic heterocycles. The summed E-state index contributed by atoms with van der Waals surface area (Å²) in [6.45, 7) is 11.9. The lowest BCUT2D eigenvalue weighted by molar-refractivity contribution is 0.543. The molecule has 0 heterocycles. The first kappa shape index (κ1) is 12.8. The van der Waals surface area contributed by atoms with Crippen molar-refractivity contribution in [2.45, 2.75) is 52.8 Å². The summed E-state index contributed by atoms with van der Waals surface area (Å²) >= 11 is 0. The van der Waals surface area contributed by atoms with E-state index in [0.717, 1.165) is 11.8 Å². The zero-order valence-electron chi connectivity index (χ0n) is 11.0. The van der Waals surface area contributed by atoms with E-state index in [0.29, 0.717) is 0 Å². The van der Waals surface area contributed by atoms with Crippen LogP contribution >= 0.6 is 0 Å². The predicted molar refractivity (Wildman–Crippen MR) is 72.7 cm³/mol. The summed E-state index contributed by atoms with van der Waals surface area (Å²) in [5, 5.41) is 1.82. The molecule has 0 nitrogen and oxygen atoms in total. The Bertz CT molecular complexity index is 248. The molecular formula is C14H26Si. The van der Waals surface area contributed by atoms with Crippen molar-refractivity contribution in [3.8, 4) is 0 Å². The van der Waals surface area contributed by atoms with Gasteiger partial charge in [0.2, 0.25) is 0 Å². The fourth-order valence-electron chi connectivity index (χ4n) is 2.97. The Balaban J connectivity index is 2.95. The van der Waals surface area contributed by atoms with E-state index in [2.05, 4.69) is 52.8 Å². The third-order valence-corrected chi connectivity index (χ3v) is 10.1. The van der Waals surface area contributed by atoms with Crippen LogP contribution in [0.3, 0.4) is 0 Å². The molecule has 0 spiro atoms. The molecule has 0 bridgehead atoms. The maximum Gasteiger partial charge on any atom is 0.0815 e. The minimum absolute atomic E-state index is 0.747. The Hall–Kier alpha value is -0.303. The summed E-state index contributed by atoms with van der Waals surface area (Å²) in [4.78, 5) is 0. The molecule has 0 radical (unpaired) electrons. The molecule has 1 heteroatoms. The number of hydrogen-bond donors (Lipinski definition) is 0. The van der Waals surface area contributed by atoms with Crippen LogP contribution in [-0.4, -0.2) is 8.07 Å². The molecule has 1 rings (SSSR count). The van der Waals surface area contributed by atoms with Gasteiger partial charge in [0.25, 0.3) is 0 Å². The fraction of sp³-hybridized carbons (Fsp3) is 0.714. The van der Waals surface area contributed by atoms with Crippen molar-refractivity contribution >= 4 is 8.07 Å². The molecule has 0 aromatic carbocycles. The second-order valence-electron chi connectivity index (χ2n) is 5.12. The molecule has 86 valence electrons. The summed E-state index contributed by atoms with van der Waals surface area (Å²) in [7, 11) is -1.11. The predicted octanol–water partition coefficient (Wildman–Crippen LogP) is 4.80. The van der Waals surface area contributed by atoms with Gasteiger partial charge in [0, 0.05) is 0 Å². The summed E-state index contributed by atoms with van der Waals surface area (Å²) < 4.78 is 0. The van der Waals surface area contributed by atoms with Gasteiger partial charge < -0.3 is 0 Å². The third kappa shape index (κ3) is 2.28. The van der Waals surface area contributed by atoms with Crippen LogP contribution in [0.2, 0.25) is 18.1 Å². The molecule has 0 saturated heterocycles. The van der Waals surface area contributed by atoms with E-state index in [1.807, 2.05) is 5.20 Å². The molecule has 1 aliphatic carbocycles. The topological polar surface area (TPSA) is 0 Å². The quantitative estimate of drug-likeness (QED) is 0.586. The zero-order chi connectivity index (χ0) is 11.5. The van der Waals surface area contributed by atoms with Crippen LogP contribution in [0.25, 0.3) is 0 Å². The van der Waals surface area contributed by atoms with Crippen LogP contribution in [0.1, 0.15) is 34.6 Å². The van der Waals surface area contributed by atoms with Crippen molar-refractivity contribution in [3.05, 3.63) is 23.4 Å². The average Bonchev–Trinajstić information content (AvgIpc) is 2.71. The zero-order valence-corrected chi connectivity index (χ0v) is 12.0. The summed E-state index contributed by atoms with van der Waals surface area (Å²) in [5.74, 6) is 1.52. The largest absolute Gasteiger partial charge is 0.0815 e. The SMILES string of the molecule is CC[Si](CC)(CC)C1=CC=CC1C(C)C. The van der Waals surface area contributed by atoms with Crippen molar-refractivity contribution in [1.29, 1.82) is 0 Å². The molecule has 0 amide bonds. The highest BCUT2D eigenvalue weighted by atomic mass is 28.3. The van der Waals surface area contributed by atoms with Gasteiger partial charge in [-0.05, 0) is 11.8 Å². The Morgan fingerprint density at radius 3 is 2.07 bits per heavy atom. The second kappa shape index (κ2) is 5.15. The smallest absolute Gasteiger partial charge is 0.0775 e. The molecule has 0 N–H and O–H groups in total. The molecular weight excluding hydrogens is 196 g/mol. The lowest BCUT2D eigenvalue weighted by Gasteiger charge is -2.35. The van der Waals surface area contributed by atoms with Crippen molar-refractivity contribution in [2.75, 3.05) is 0 Å². The maximum atomic E-state index is 2.44. The van der Waals surface area contributed by atoms with E-state index >= 15 is 0 Å². The molecule has 1 atom stereocenters. The third-order valence-electron chi connectivity index (χ3n) is 4.31. The Kier molecular flexibility index (Phi) is 4.39. The second-order valence-corrected chi connectivity index (χ2v) is 10.4. The van der Waals surface area contributed by atoms with Gasteiger partial charge in [-0.15, -0.1) is 0 Å². The highest BCUT2D eigenvalue weighted by molar-refractivity contribution is 6.86. The first-order valence-electron chi connectivity index (χ1n) is 6.50. The molecule has 1 unspecified atom stereocenters. The minimum atomic E-state index is -1.11. The fourth-order valence-corrected chi connectivity index (χ4v) is 7.28. The van der Waals surface area contributed by atoms with Gasteiger partial charge in [-0.2, -0.15) is 0 Å². The lowest BCUT2D eigenvalue weighted by Crippen LogP contribution is -2.38. The van der Waals surface area contributed by atoms with E-state index in [1.54, 1.807) is 0 Å². The Morgan fingerprint density at radius 1 is 1.13 bits per heavy atom. The van der Waals surface area contributed by atoms with E-state index < -0.39 is 8.07 Å². The monoisotopic (exact) mass is 222 g/mol. The number of rotatable bonds is 5. The first-order chi connectivity index (χ1) is 7.11. The van der Waals surface area contributed by atoms with E-state index in [1.165, 1.54) is 18.1 Å². The first-order valence-corrected chi connectivity index (χ1v) is 9.12. The molecule has 1 aliphatic rings. The van der Waals surface area contributed by atoms with Crippen LogP contribution in [0, 0.1) is 11.8 Å². The van der Waals surface area contributed by atoms with Gasteiger partial charge in [-0.3, -0.25) is 0 Å². The van der Waals surface area contributed by atoms with Crippen LogP contribution in [0.5, 0.6) is 0 Å². The highest BCUT2D eigenvalue weighted by Gasteiger charge is 2.36. The van der Waals surface area contributed by atoms with Crippen molar-refractivity contribution < 1.29 is 0 Å². The van der Waals surface area contributed by atoms with Gasteiger partial charge in [0.15, 0.2) is 0 Å². The van der Waals surface area contributed by atoms with Gasteiger partial charge in [0.1, 0.15) is 0 Å². The summed E-state index contributed by atoms with van der Waals surface area (Å²) in [6.07, 6.45) is 7.15. The van der Waals surface area contributed by atoms with E-state index in [-0.39, 0.29) is 0 Å². The van der Waals surface area contributed by atoms with Gasteiger partial charge in [-0.25, -0.2) is 0 Å². The van der Waals surface area contributed by atoms with Crippen LogP contribution in [0.4, 0.5) is 0 Å². The Morgan fingerprint density at radius 2 is 1.67 bits per heavy atom. The molecule has 0 saturated carbocycles. The van der Waals surface area contributed by atoms with Crippen molar-refractivity contribution in [1.82, 2.24) is 0 Å². The summed E-state index contributed by atoms with van der Waals surface area (Å²) in [6, 6.07) is 4.24. The maximum absolute atomic E-state index is 2.44. The van der Waals surface area contributed by atoms with Gasteiger partial charge in [0.05, 0.1) is 8.07 Å². The molecule has 15 heavy (non-hydrogen) atoms. The molecule has 0 aromatic heterocycles. The normalized spacial score (nSPS) is 21.2. The van der Waals surface area contributed by atoms with Crippen LogP contribution in [0.15, 0.2) is 23.4 Å². The highest BCUT2D eigenvalue weighted by Crippen LogP contribution is 2.39. The Labute approximate surface area is 96.5 Å². The average molecular weight is 222 g/mol. The van der Waals surface area contributed by atoms with Crippen LogP contribution in [-0.2, 0) is 0 Å². The standard InChI is InChI=1S/C14H26Si/c1-6-15(7-2,8-3)14-11-9-10-13(14)12(4)5/h9-13H,6-8H2,1-5H3. The van der Waals surface area contributed by atoms with E-state index in [9.17, 15) is 0 Å². The number of allylic oxidation sites excluding steroid dienone is 4. The van der Waals surface area contributed by atoms with Gasteiger partial charge >= 0.3 is 0 Å². The molecule has 0 aromatic rings. The van der Waals surface area contributed by atoms with E-state index in [4.69, 9.17) is 0 Å². The minimum Gasteiger partial charge on any atom is -0.0775 e. The molecule has 0 fully saturated rings. The lowest BCUT2D eigenvalue weighted by atomic mass is 9.98. The number of hydrogen-bond acceptors (Lipinski definition) is 0. The van der Waals surface area contributed by atoms with Crippen molar-refractivity contribution in [3.63, 3.8) is 0 Å². The van der Waals surface area contributed by atoms with Crippen LogP contribution < -0.4 is 0 Å². The summed E-state index contributed by atoms with van der Waals surface area (Å²) in [5.41, 5.74) is 0. The van der Waals surface area contributed by atoms with Crippen molar-refractivity contribution in [2.24, 2.45) is 11.8 Å². The van der Waals surface area contributed by atoms with Gasteiger partial charge in [-0.1, -0.05) is 76.2 Å².